The first-order valence-corrected chi connectivity index (χ1v) is 5.53. The van der Waals surface area contributed by atoms with Crippen LogP contribution in [0.1, 0.15) is 0 Å². The maximum Gasteiger partial charge on any atom is 0.293 e. The van der Waals surface area contributed by atoms with Gasteiger partial charge in [0.05, 0.1) is 4.92 Å². The van der Waals surface area contributed by atoms with Crippen LogP contribution < -0.4 is 4.31 Å². The first-order valence-electron chi connectivity index (χ1n) is 3.70. The summed E-state index contributed by atoms with van der Waals surface area (Å²) in [5.41, 5.74) is -0.243. The van der Waals surface area contributed by atoms with Crippen LogP contribution in [0.25, 0.3) is 0 Å². The highest BCUT2D eigenvalue weighted by molar-refractivity contribution is 9.10. The second-order valence-electron chi connectivity index (χ2n) is 2.60. The predicted molar refractivity (Wildman–Crippen MR) is 58.1 cm³/mol. The van der Waals surface area contributed by atoms with Gasteiger partial charge in [0.1, 0.15) is 5.69 Å². The van der Waals surface area contributed by atoms with Crippen molar-refractivity contribution in [1.82, 2.24) is 0 Å². The summed E-state index contributed by atoms with van der Waals surface area (Å²) in [6.07, 6.45) is 0. The SMILES string of the molecule is CN(c1cc(Br)ccc1[N+](=O)[O-])S(=O)[O-]. The maximum atomic E-state index is 10.7. The summed E-state index contributed by atoms with van der Waals surface area (Å²) >= 11 is 0.574. The van der Waals surface area contributed by atoms with Gasteiger partial charge in [0.15, 0.2) is 0 Å². The number of rotatable bonds is 3. The van der Waals surface area contributed by atoms with Crippen molar-refractivity contribution in [2.45, 2.75) is 0 Å². The molecule has 0 aromatic heterocycles. The molecule has 0 N–H and O–H groups in total. The average Bonchev–Trinajstić information content (AvgIpc) is 2.15. The second kappa shape index (κ2) is 4.69. The van der Waals surface area contributed by atoms with Crippen LogP contribution in [0.3, 0.4) is 0 Å². The number of benzene rings is 1. The van der Waals surface area contributed by atoms with Gasteiger partial charge in [-0.1, -0.05) is 15.9 Å². The molecule has 0 spiro atoms. The molecule has 15 heavy (non-hydrogen) atoms. The average molecular weight is 294 g/mol. The number of nitrogens with zero attached hydrogens (tertiary/aromatic N) is 2. The minimum atomic E-state index is -2.54. The summed E-state index contributed by atoms with van der Waals surface area (Å²) in [6, 6.07) is 4.08. The standard InChI is InChI=1S/C7H7BrN2O4S/c1-9(15(13)14)7-4-5(8)2-3-6(7)10(11)12/h2-4H,1H3,(H,13,14)/p-1. The van der Waals surface area contributed by atoms with Gasteiger partial charge in [-0.05, 0) is 12.1 Å². The molecule has 1 rings (SSSR count). The molecule has 6 nitrogen and oxygen atoms in total. The van der Waals surface area contributed by atoms with Crippen LogP contribution in [0.4, 0.5) is 11.4 Å². The third-order valence-electron chi connectivity index (χ3n) is 1.70. The van der Waals surface area contributed by atoms with Crippen molar-refractivity contribution in [3.63, 3.8) is 0 Å². The fourth-order valence-electron chi connectivity index (χ4n) is 0.983. The fourth-order valence-corrected chi connectivity index (χ4v) is 1.64. The molecule has 1 atom stereocenters. The van der Waals surface area contributed by atoms with Crippen molar-refractivity contribution < 1.29 is 13.7 Å². The van der Waals surface area contributed by atoms with Crippen molar-refractivity contribution in [3.8, 4) is 0 Å². The Kier molecular flexibility index (Phi) is 3.77. The summed E-state index contributed by atoms with van der Waals surface area (Å²) < 4.78 is 22.7. The van der Waals surface area contributed by atoms with Gasteiger partial charge in [-0.3, -0.25) is 18.6 Å². The van der Waals surface area contributed by atoms with Crippen LogP contribution in [-0.2, 0) is 11.3 Å². The molecular weight excluding hydrogens is 288 g/mol. The first-order chi connectivity index (χ1) is 6.93. The largest absolute Gasteiger partial charge is 0.755 e. The summed E-state index contributed by atoms with van der Waals surface area (Å²) in [5, 5.41) is 10.6. The second-order valence-corrected chi connectivity index (χ2v) is 4.50. The number of anilines is 1. The van der Waals surface area contributed by atoms with Crippen molar-refractivity contribution >= 4 is 38.6 Å². The fraction of sp³-hybridized carbons (Fsp3) is 0.143. The van der Waals surface area contributed by atoms with Gasteiger partial charge in [0.2, 0.25) is 0 Å². The molecule has 0 aliphatic heterocycles. The lowest BCUT2D eigenvalue weighted by molar-refractivity contribution is -0.384. The zero-order valence-corrected chi connectivity index (χ0v) is 9.95. The van der Waals surface area contributed by atoms with Gasteiger partial charge < -0.3 is 4.55 Å². The first kappa shape index (κ1) is 12.1. The highest BCUT2D eigenvalue weighted by Crippen LogP contribution is 2.30. The molecule has 8 heteroatoms. The molecule has 0 aliphatic rings. The summed E-state index contributed by atoms with van der Waals surface area (Å²) in [4.78, 5) is 9.99. The topological polar surface area (TPSA) is 86.5 Å². The van der Waals surface area contributed by atoms with Crippen molar-refractivity contribution in [2.75, 3.05) is 11.4 Å². The smallest absolute Gasteiger partial charge is 0.293 e. The highest BCUT2D eigenvalue weighted by atomic mass is 79.9. The Labute approximate surface area is 96.6 Å². The van der Waals surface area contributed by atoms with E-state index in [1.807, 2.05) is 0 Å². The van der Waals surface area contributed by atoms with Crippen LogP contribution in [0, 0.1) is 10.1 Å². The van der Waals surface area contributed by atoms with E-state index in [0.29, 0.717) is 4.47 Å². The Hall–Kier alpha value is -0.990. The molecule has 0 bridgehead atoms. The molecule has 0 amide bonds. The van der Waals surface area contributed by atoms with Crippen LogP contribution in [-0.4, -0.2) is 20.7 Å². The molecule has 0 aliphatic carbocycles. The predicted octanol–water partition coefficient (Wildman–Crippen LogP) is 1.59. The molecule has 1 unspecified atom stereocenters. The van der Waals surface area contributed by atoms with Crippen molar-refractivity contribution in [1.29, 1.82) is 0 Å². The molecule has 1 aromatic rings. The summed E-state index contributed by atoms with van der Waals surface area (Å²) in [5.74, 6) is 0. The zero-order chi connectivity index (χ0) is 11.6. The highest BCUT2D eigenvalue weighted by Gasteiger charge is 2.17. The molecule has 0 saturated heterocycles. The zero-order valence-electron chi connectivity index (χ0n) is 7.55. The normalized spacial score (nSPS) is 12.2. The van der Waals surface area contributed by atoms with E-state index >= 15 is 0 Å². The maximum absolute atomic E-state index is 10.7. The third kappa shape index (κ3) is 2.74. The summed E-state index contributed by atoms with van der Waals surface area (Å²) in [7, 11) is 1.23. The number of hydrogen-bond acceptors (Lipinski definition) is 4. The molecule has 0 saturated carbocycles. The number of hydrogen-bond donors (Lipinski definition) is 0. The molecule has 0 heterocycles. The van der Waals surface area contributed by atoms with E-state index < -0.39 is 16.2 Å². The number of nitro groups is 1. The van der Waals surface area contributed by atoms with E-state index in [1.165, 1.54) is 25.2 Å². The van der Waals surface area contributed by atoms with E-state index in [1.54, 1.807) is 0 Å². The van der Waals surface area contributed by atoms with Gasteiger partial charge in [0.25, 0.3) is 5.69 Å². The molecule has 0 fully saturated rings. The minimum absolute atomic E-state index is 0.0164. The van der Waals surface area contributed by atoms with Gasteiger partial charge in [0, 0.05) is 28.9 Å². The monoisotopic (exact) mass is 293 g/mol. The van der Waals surface area contributed by atoms with E-state index in [9.17, 15) is 18.9 Å². The van der Waals surface area contributed by atoms with E-state index in [4.69, 9.17) is 0 Å². The quantitative estimate of drug-likeness (QED) is 0.481. The van der Waals surface area contributed by atoms with Crippen molar-refractivity contribution in [2.24, 2.45) is 0 Å². The van der Waals surface area contributed by atoms with Gasteiger partial charge in [-0.2, -0.15) is 0 Å². The number of nitro benzene ring substituents is 1. The van der Waals surface area contributed by atoms with Crippen LogP contribution in [0.2, 0.25) is 0 Å². The lowest BCUT2D eigenvalue weighted by Crippen LogP contribution is -2.20. The third-order valence-corrected chi connectivity index (χ3v) is 2.83. The lowest BCUT2D eigenvalue weighted by Gasteiger charge is -2.20. The van der Waals surface area contributed by atoms with E-state index in [0.717, 1.165) is 4.31 Å². The number of halogens is 1. The van der Waals surface area contributed by atoms with Crippen LogP contribution in [0.5, 0.6) is 0 Å². The van der Waals surface area contributed by atoms with Crippen LogP contribution in [0.15, 0.2) is 22.7 Å². The molecule has 1 aromatic carbocycles. The van der Waals surface area contributed by atoms with E-state index in [-0.39, 0.29) is 11.4 Å². The molecular formula is C7H6BrN2O4S-. The van der Waals surface area contributed by atoms with Gasteiger partial charge in [-0.15, -0.1) is 0 Å². The Morgan fingerprint density at radius 3 is 2.60 bits per heavy atom. The van der Waals surface area contributed by atoms with E-state index in [2.05, 4.69) is 15.9 Å². The van der Waals surface area contributed by atoms with Gasteiger partial charge >= 0.3 is 0 Å². The minimum Gasteiger partial charge on any atom is -0.755 e. The molecule has 0 radical (unpaired) electrons. The van der Waals surface area contributed by atoms with Gasteiger partial charge in [-0.25, -0.2) is 0 Å². The molecule has 82 valence electrons. The summed E-state index contributed by atoms with van der Waals surface area (Å²) in [6.45, 7) is 0. The lowest BCUT2D eigenvalue weighted by atomic mass is 10.3. The Balaban J connectivity index is 3.30. The Bertz CT molecular complexity index is 425. The van der Waals surface area contributed by atoms with Crippen molar-refractivity contribution in [3.05, 3.63) is 32.8 Å². The Morgan fingerprint density at radius 2 is 2.13 bits per heavy atom. The Morgan fingerprint density at radius 1 is 1.53 bits per heavy atom. The van der Waals surface area contributed by atoms with Crippen LogP contribution >= 0.6 is 15.9 Å².